The summed E-state index contributed by atoms with van der Waals surface area (Å²) < 4.78 is 6.28. The van der Waals surface area contributed by atoms with Gasteiger partial charge >= 0.3 is 0 Å². The number of nitrogens with zero attached hydrogens (tertiary/aromatic N) is 1. The van der Waals surface area contributed by atoms with E-state index in [2.05, 4.69) is 193 Å². The van der Waals surface area contributed by atoms with E-state index in [0.29, 0.717) is 0 Å². The molecule has 0 saturated heterocycles. The number of hydrogen-bond acceptors (Lipinski definition) is 2. The van der Waals surface area contributed by atoms with Gasteiger partial charge < -0.3 is 9.32 Å². The highest BCUT2D eigenvalue weighted by Gasteiger charge is 2.18. The van der Waals surface area contributed by atoms with Crippen LogP contribution in [0.3, 0.4) is 0 Å². The maximum absolute atomic E-state index is 6.28. The summed E-state index contributed by atoms with van der Waals surface area (Å²) in [6.45, 7) is 0. The lowest BCUT2D eigenvalue weighted by atomic mass is 9.91. The van der Waals surface area contributed by atoms with E-state index in [1.807, 2.05) is 12.1 Å². The lowest BCUT2D eigenvalue weighted by molar-refractivity contribution is 0.669. The van der Waals surface area contributed by atoms with Crippen molar-refractivity contribution in [1.82, 2.24) is 0 Å². The van der Waals surface area contributed by atoms with Crippen molar-refractivity contribution in [2.24, 2.45) is 0 Å². The van der Waals surface area contributed by atoms with Crippen molar-refractivity contribution < 1.29 is 4.42 Å². The topological polar surface area (TPSA) is 16.4 Å². The fourth-order valence-electron chi connectivity index (χ4n) is 7.69. The average Bonchev–Trinajstić information content (AvgIpc) is 3.61. The highest BCUT2D eigenvalue weighted by molar-refractivity contribution is 6.19. The van der Waals surface area contributed by atoms with Gasteiger partial charge in [-0.2, -0.15) is 0 Å². The molecule has 52 heavy (non-hydrogen) atoms. The zero-order valence-corrected chi connectivity index (χ0v) is 28.4. The van der Waals surface area contributed by atoms with Crippen LogP contribution in [0.2, 0.25) is 0 Å². The minimum Gasteiger partial charge on any atom is -0.456 e. The first-order chi connectivity index (χ1) is 25.8. The molecule has 0 aliphatic rings. The molecule has 0 saturated carbocycles. The molecule has 0 amide bonds. The molecule has 0 spiro atoms. The van der Waals surface area contributed by atoms with E-state index in [0.717, 1.165) is 39.0 Å². The molecule has 0 fully saturated rings. The Bertz CT molecular complexity index is 2890. The second-order valence-electron chi connectivity index (χ2n) is 13.3. The Labute approximate surface area is 302 Å². The fourth-order valence-corrected chi connectivity index (χ4v) is 7.69. The second kappa shape index (κ2) is 12.5. The first-order valence-electron chi connectivity index (χ1n) is 17.8. The van der Waals surface area contributed by atoms with Crippen LogP contribution in [0.15, 0.2) is 205 Å². The van der Waals surface area contributed by atoms with Gasteiger partial charge in [-0.05, 0) is 110 Å². The average molecular weight is 664 g/mol. The van der Waals surface area contributed by atoms with Gasteiger partial charge in [0.15, 0.2) is 0 Å². The SMILES string of the molecule is c1ccc(-c2ccc(N(c3ccc(-c4ccc5ccc6oc7ccccc7c6c5c4)c(-c4ccccc4)c3)c3ccc4ccccc4c3)cc2)cc1. The Kier molecular flexibility index (Phi) is 7.18. The lowest BCUT2D eigenvalue weighted by Gasteiger charge is -2.27. The maximum Gasteiger partial charge on any atom is 0.136 e. The number of benzene rings is 9. The van der Waals surface area contributed by atoms with Crippen LogP contribution in [0.5, 0.6) is 0 Å². The molecule has 0 N–H and O–H groups in total. The van der Waals surface area contributed by atoms with Crippen molar-refractivity contribution in [2.45, 2.75) is 0 Å². The largest absolute Gasteiger partial charge is 0.456 e. The Morgan fingerprint density at radius 2 is 0.904 bits per heavy atom. The molecular weight excluding hydrogens is 631 g/mol. The number of furan rings is 1. The third-order valence-electron chi connectivity index (χ3n) is 10.2. The van der Waals surface area contributed by atoms with Gasteiger partial charge in [0.25, 0.3) is 0 Å². The first-order valence-corrected chi connectivity index (χ1v) is 17.8. The van der Waals surface area contributed by atoms with E-state index in [9.17, 15) is 0 Å². The van der Waals surface area contributed by atoms with Crippen molar-refractivity contribution >= 4 is 60.5 Å². The summed E-state index contributed by atoms with van der Waals surface area (Å²) in [6, 6.07) is 71.8. The summed E-state index contributed by atoms with van der Waals surface area (Å²) in [4.78, 5) is 2.37. The zero-order chi connectivity index (χ0) is 34.4. The molecule has 1 heterocycles. The van der Waals surface area contributed by atoms with Gasteiger partial charge in [0.05, 0.1) is 0 Å². The molecule has 244 valence electrons. The zero-order valence-electron chi connectivity index (χ0n) is 28.4. The fraction of sp³-hybridized carbons (Fsp3) is 0. The quantitative estimate of drug-likeness (QED) is 0.176. The Balaban J connectivity index is 1.17. The number of rotatable bonds is 6. The molecule has 10 aromatic rings. The second-order valence-corrected chi connectivity index (χ2v) is 13.3. The van der Waals surface area contributed by atoms with E-state index in [-0.39, 0.29) is 0 Å². The summed E-state index contributed by atoms with van der Waals surface area (Å²) in [6.07, 6.45) is 0. The van der Waals surface area contributed by atoms with Crippen LogP contribution in [0.1, 0.15) is 0 Å². The molecule has 0 unspecified atom stereocenters. The molecule has 0 radical (unpaired) electrons. The van der Waals surface area contributed by atoms with Crippen LogP contribution in [-0.2, 0) is 0 Å². The molecule has 2 heteroatoms. The number of hydrogen-bond donors (Lipinski definition) is 0. The number of anilines is 3. The van der Waals surface area contributed by atoms with Gasteiger partial charge in [-0.3, -0.25) is 0 Å². The van der Waals surface area contributed by atoms with Gasteiger partial charge in [-0.25, -0.2) is 0 Å². The minimum atomic E-state index is 0.911. The van der Waals surface area contributed by atoms with E-state index in [1.165, 1.54) is 54.9 Å². The number of fused-ring (bicyclic) bond motifs is 6. The predicted molar refractivity (Wildman–Crippen MR) is 220 cm³/mol. The van der Waals surface area contributed by atoms with E-state index >= 15 is 0 Å². The van der Waals surface area contributed by atoms with Crippen molar-refractivity contribution in [1.29, 1.82) is 0 Å². The summed E-state index contributed by atoms with van der Waals surface area (Å²) >= 11 is 0. The molecule has 0 bridgehead atoms. The number of para-hydroxylation sites is 1. The van der Waals surface area contributed by atoms with Crippen LogP contribution < -0.4 is 4.90 Å². The van der Waals surface area contributed by atoms with Crippen LogP contribution >= 0.6 is 0 Å². The minimum absolute atomic E-state index is 0.911. The van der Waals surface area contributed by atoms with E-state index in [1.54, 1.807) is 0 Å². The van der Waals surface area contributed by atoms with Crippen molar-refractivity contribution in [3.8, 4) is 33.4 Å². The molecule has 9 aromatic carbocycles. The first kappa shape index (κ1) is 30.0. The monoisotopic (exact) mass is 663 g/mol. The molecule has 2 nitrogen and oxygen atoms in total. The van der Waals surface area contributed by atoms with Crippen LogP contribution in [0, 0.1) is 0 Å². The lowest BCUT2D eigenvalue weighted by Crippen LogP contribution is -2.10. The molecule has 0 aliphatic carbocycles. The van der Waals surface area contributed by atoms with Crippen LogP contribution in [-0.4, -0.2) is 0 Å². The van der Waals surface area contributed by atoms with Gasteiger partial charge in [-0.1, -0.05) is 146 Å². The molecule has 10 rings (SSSR count). The third kappa shape index (κ3) is 5.21. The standard InChI is InChI=1S/C50H33NO/c1-3-11-34(12-4-1)36-21-25-41(26-22-36)51(42-27-23-35-13-7-8-16-39(35)31-42)43-28-29-44(46(33-43)37-14-5-2-6-15-37)40-20-19-38-24-30-49-50(47(38)32-40)45-17-9-10-18-48(45)52-49/h1-33H. The summed E-state index contributed by atoms with van der Waals surface area (Å²) in [5.41, 5.74) is 12.2. The molecule has 0 atom stereocenters. The summed E-state index contributed by atoms with van der Waals surface area (Å²) in [7, 11) is 0. The molecule has 0 aliphatic heterocycles. The van der Waals surface area contributed by atoms with Crippen molar-refractivity contribution in [3.05, 3.63) is 200 Å². The Hall–Kier alpha value is -6.90. The Morgan fingerprint density at radius 1 is 0.308 bits per heavy atom. The summed E-state index contributed by atoms with van der Waals surface area (Å²) in [5.74, 6) is 0. The van der Waals surface area contributed by atoms with Gasteiger partial charge in [0, 0.05) is 27.8 Å². The van der Waals surface area contributed by atoms with Gasteiger partial charge in [-0.15, -0.1) is 0 Å². The Morgan fingerprint density at radius 3 is 1.73 bits per heavy atom. The molecule has 1 aromatic heterocycles. The van der Waals surface area contributed by atoms with E-state index in [4.69, 9.17) is 4.42 Å². The van der Waals surface area contributed by atoms with Gasteiger partial charge in [0.1, 0.15) is 11.2 Å². The van der Waals surface area contributed by atoms with Gasteiger partial charge in [0.2, 0.25) is 0 Å². The summed E-state index contributed by atoms with van der Waals surface area (Å²) in [5, 5.41) is 7.13. The smallest absolute Gasteiger partial charge is 0.136 e. The van der Waals surface area contributed by atoms with Crippen molar-refractivity contribution in [3.63, 3.8) is 0 Å². The molecular formula is C50H33NO. The van der Waals surface area contributed by atoms with Crippen LogP contribution in [0.25, 0.3) is 76.9 Å². The predicted octanol–water partition coefficient (Wildman–Crippen LogP) is 14.4. The highest BCUT2D eigenvalue weighted by Crippen LogP contribution is 2.43. The van der Waals surface area contributed by atoms with E-state index < -0.39 is 0 Å². The van der Waals surface area contributed by atoms with Crippen LogP contribution in [0.4, 0.5) is 17.1 Å². The van der Waals surface area contributed by atoms with Crippen molar-refractivity contribution in [2.75, 3.05) is 4.90 Å². The maximum atomic E-state index is 6.28. The third-order valence-corrected chi connectivity index (χ3v) is 10.2. The normalized spacial score (nSPS) is 11.5. The highest BCUT2D eigenvalue weighted by atomic mass is 16.3.